The van der Waals surface area contributed by atoms with E-state index in [1.165, 1.54) is 30.3 Å². The van der Waals surface area contributed by atoms with Gasteiger partial charge >= 0.3 is 17.8 Å². The Morgan fingerprint density at radius 1 is 1.15 bits per heavy atom. The molecule has 0 fully saturated rings. The number of esters is 1. The van der Waals surface area contributed by atoms with Crippen LogP contribution in [-0.2, 0) is 15.2 Å². The number of nitrogens with two attached hydrogens (primary N) is 1. The quantitative estimate of drug-likeness (QED) is 0.560. The molecule has 1 unspecified atom stereocenters. The SMILES string of the molecule is CCOC(=O)C1=C(c2ccc(C3(C(F)(F)F)N=N3)cc2)NC(N)=NC1c1cc(Cl)cc(Cl)c1. The van der Waals surface area contributed by atoms with Crippen molar-refractivity contribution in [3.8, 4) is 0 Å². The molecule has 0 amide bonds. The monoisotopic (exact) mass is 497 g/mol. The first kappa shape index (κ1) is 23.1. The number of carbonyl (C=O) groups excluding carboxylic acids is 1. The summed E-state index contributed by atoms with van der Waals surface area (Å²) in [5.41, 5.74) is 4.49. The fraction of sp³-hybridized carbons (Fsp3) is 0.238. The molecule has 4 rings (SSSR count). The first-order valence-corrected chi connectivity index (χ1v) is 10.4. The van der Waals surface area contributed by atoms with Gasteiger partial charge in [-0.25, -0.2) is 9.79 Å². The van der Waals surface area contributed by atoms with Crippen LogP contribution in [0, 0.1) is 0 Å². The lowest BCUT2D eigenvalue weighted by Crippen LogP contribution is -2.37. The number of rotatable bonds is 5. The van der Waals surface area contributed by atoms with Crippen LogP contribution < -0.4 is 11.1 Å². The van der Waals surface area contributed by atoms with Crippen molar-refractivity contribution in [2.24, 2.45) is 21.0 Å². The summed E-state index contributed by atoms with van der Waals surface area (Å²) in [6.07, 6.45) is -4.65. The Balaban J connectivity index is 1.82. The molecular formula is C21H16Cl2F3N5O2. The molecule has 2 heterocycles. The van der Waals surface area contributed by atoms with Crippen molar-refractivity contribution >= 4 is 40.8 Å². The summed E-state index contributed by atoms with van der Waals surface area (Å²) in [6, 6.07) is 9.10. The highest BCUT2D eigenvalue weighted by Gasteiger charge is 2.65. The Morgan fingerprint density at radius 3 is 2.27 bits per heavy atom. The molecule has 2 aliphatic heterocycles. The lowest BCUT2D eigenvalue weighted by molar-refractivity contribution is -0.166. The van der Waals surface area contributed by atoms with Crippen LogP contribution in [0.5, 0.6) is 0 Å². The molecule has 0 saturated carbocycles. The largest absolute Gasteiger partial charge is 0.463 e. The maximum Gasteiger partial charge on any atom is 0.442 e. The van der Waals surface area contributed by atoms with Crippen molar-refractivity contribution in [3.05, 3.63) is 74.8 Å². The van der Waals surface area contributed by atoms with E-state index in [1.807, 2.05) is 0 Å². The van der Waals surface area contributed by atoms with Crippen molar-refractivity contribution in [2.75, 3.05) is 6.61 Å². The molecule has 2 aromatic carbocycles. The molecule has 7 nitrogen and oxygen atoms in total. The van der Waals surface area contributed by atoms with Crippen molar-refractivity contribution in [3.63, 3.8) is 0 Å². The summed E-state index contributed by atoms with van der Waals surface area (Å²) < 4.78 is 45.2. The van der Waals surface area contributed by atoms with E-state index in [0.29, 0.717) is 21.2 Å². The minimum atomic E-state index is -4.65. The summed E-state index contributed by atoms with van der Waals surface area (Å²) >= 11 is 12.3. The van der Waals surface area contributed by atoms with Crippen molar-refractivity contribution in [2.45, 2.75) is 24.8 Å². The normalized spacial score (nSPS) is 19.1. The summed E-state index contributed by atoms with van der Waals surface area (Å²) in [5, 5.41) is 9.88. The van der Waals surface area contributed by atoms with Crippen LogP contribution in [-0.4, -0.2) is 24.7 Å². The first-order valence-electron chi connectivity index (χ1n) is 9.65. The zero-order valence-corrected chi connectivity index (χ0v) is 18.5. The standard InChI is InChI=1S/C21H16Cl2F3N5O2/c1-2-33-18(32)15-16(10-3-5-12(6-4-10)20(30-31-20)21(24,25)26)28-19(27)29-17(15)11-7-13(22)9-14(23)8-11/h3-9,17H,2H2,1H3,(H3,27,28,29). The van der Waals surface area contributed by atoms with Crippen LogP contribution in [0.4, 0.5) is 13.2 Å². The van der Waals surface area contributed by atoms with Gasteiger partial charge in [-0.05, 0) is 36.2 Å². The van der Waals surface area contributed by atoms with Crippen molar-refractivity contribution in [1.82, 2.24) is 5.32 Å². The van der Waals surface area contributed by atoms with Gasteiger partial charge in [0.15, 0.2) is 5.96 Å². The highest BCUT2D eigenvalue weighted by atomic mass is 35.5. The number of nitrogens with zero attached hydrogens (tertiary/aromatic N) is 3. The zero-order chi connectivity index (χ0) is 24.0. The fourth-order valence-corrected chi connectivity index (χ4v) is 4.05. The number of benzene rings is 2. The van der Waals surface area contributed by atoms with Gasteiger partial charge in [0, 0.05) is 15.6 Å². The second kappa shape index (κ2) is 8.35. The maximum atomic E-state index is 13.3. The highest BCUT2D eigenvalue weighted by Crippen LogP contribution is 2.52. The molecule has 0 radical (unpaired) electrons. The van der Waals surface area contributed by atoms with Crippen LogP contribution in [0.1, 0.15) is 29.7 Å². The lowest BCUT2D eigenvalue weighted by Gasteiger charge is -2.26. The number of carbonyl (C=O) groups is 1. The second-order valence-corrected chi connectivity index (χ2v) is 8.07. The third-order valence-corrected chi connectivity index (χ3v) is 5.47. The number of hydrogen-bond donors (Lipinski definition) is 2. The Kier molecular flexibility index (Phi) is 5.83. The Hall–Kier alpha value is -3.11. The molecule has 0 bridgehead atoms. The van der Waals surface area contributed by atoms with Crippen molar-refractivity contribution in [1.29, 1.82) is 0 Å². The van der Waals surface area contributed by atoms with Crippen LogP contribution in [0.25, 0.3) is 5.70 Å². The van der Waals surface area contributed by atoms with E-state index in [-0.39, 0.29) is 29.4 Å². The molecule has 0 saturated heterocycles. The van der Waals surface area contributed by atoms with Crippen LogP contribution in [0.2, 0.25) is 10.0 Å². The minimum Gasteiger partial charge on any atom is -0.463 e. The number of alkyl halides is 3. The van der Waals surface area contributed by atoms with Gasteiger partial charge in [-0.2, -0.15) is 13.2 Å². The fourth-order valence-electron chi connectivity index (χ4n) is 3.50. The molecular weight excluding hydrogens is 482 g/mol. The molecule has 0 aromatic heterocycles. The molecule has 12 heteroatoms. The van der Waals surface area contributed by atoms with E-state index >= 15 is 0 Å². The maximum absolute atomic E-state index is 13.3. The van der Waals surface area contributed by atoms with E-state index < -0.39 is 23.9 Å². The van der Waals surface area contributed by atoms with Crippen LogP contribution in [0.3, 0.4) is 0 Å². The third-order valence-electron chi connectivity index (χ3n) is 5.03. The number of hydrogen-bond acceptors (Lipinski definition) is 7. The average Bonchev–Trinajstić information content (AvgIpc) is 3.55. The van der Waals surface area contributed by atoms with Gasteiger partial charge in [0.05, 0.1) is 17.9 Å². The van der Waals surface area contributed by atoms with Crippen LogP contribution in [0.15, 0.2) is 63.3 Å². The zero-order valence-electron chi connectivity index (χ0n) is 17.0. The Labute approximate surface area is 196 Å². The van der Waals surface area contributed by atoms with E-state index in [1.54, 1.807) is 19.1 Å². The molecule has 1 atom stereocenters. The first-order chi connectivity index (χ1) is 15.6. The second-order valence-electron chi connectivity index (χ2n) is 7.20. The van der Waals surface area contributed by atoms with Crippen LogP contribution >= 0.6 is 23.2 Å². The lowest BCUT2D eigenvalue weighted by atomic mass is 9.92. The average molecular weight is 498 g/mol. The summed E-state index contributed by atoms with van der Waals surface area (Å²) in [4.78, 5) is 17.3. The number of ether oxygens (including phenoxy) is 1. The topological polar surface area (TPSA) is 101 Å². The van der Waals surface area contributed by atoms with E-state index in [4.69, 9.17) is 33.7 Å². The van der Waals surface area contributed by atoms with Gasteiger partial charge in [-0.15, -0.1) is 10.2 Å². The minimum absolute atomic E-state index is 0.0119. The molecule has 0 aliphatic carbocycles. The van der Waals surface area contributed by atoms with Gasteiger partial charge in [-0.1, -0.05) is 47.5 Å². The van der Waals surface area contributed by atoms with Gasteiger partial charge < -0.3 is 15.8 Å². The van der Waals surface area contributed by atoms with Crippen molar-refractivity contribution < 1.29 is 22.7 Å². The molecule has 3 N–H and O–H groups in total. The predicted molar refractivity (Wildman–Crippen MR) is 117 cm³/mol. The molecule has 172 valence electrons. The van der Waals surface area contributed by atoms with Gasteiger partial charge in [-0.3, -0.25) is 0 Å². The van der Waals surface area contributed by atoms with E-state index in [0.717, 1.165) is 0 Å². The molecule has 0 spiro atoms. The summed E-state index contributed by atoms with van der Waals surface area (Å²) in [6.45, 7) is 1.74. The van der Waals surface area contributed by atoms with Gasteiger partial charge in [0.1, 0.15) is 6.04 Å². The number of nitrogens with one attached hydrogen (secondary N) is 1. The summed E-state index contributed by atoms with van der Waals surface area (Å²) in [5.74, 6) is -0.692. The van der Waals surface area contributed by atoms with E-state index in [2.05, 4.69) is 20.5 Å². The molecule has 2 aliphatic rings. The van der Waals surface area contributed by atoms with E-state index in [9.17, 15) is 18.0 Å². The molecule has 33 heavy (non-hydrogen) atoms. The smallest absolute Gasteiger partial charge is 0.442 e. The number of aliphatic imine (C=N–C) groups is 1. The summed E-state index contributed by atoms with van der Waals surface area (Å²) in [7, 11) is 0. The Morgan fingerprint density at radius 2 is 1.76 bits per heavy atom. The highest BCUT2D eigenvalue weighted by molar-refractivity contribution is 6.34. The number of guanidine groups is 1. The third kappa shape index (κ3) is 4.28. The Bertz CT molecular complexity index is 1180. The number of halogens is 5. The van der Waals surface area contributed by atoms with Gasteiger partial charge in [0.25, 0.3) is 0 Å². The molecule has 2 aromatic rings. The predicted octanol–water partition coefficient (Wildman–Crippen LogP) is 5.11. The van der Waals surface area contributed by atoms with Gasteiger partial charge in [0.2, 0.25) is 0 Å².